The van der Waals surface area contributed by atoms with Crippen LogP contribution in [0.4, 0.5) is 18.9 Å². The molecule has 0 aliphatic rings. The van der Waals surface area contributed by atoms with E-state index >= 15 is 0 Å². The second-order valence-corrected chi connectivity index (χ2v) is 5.11. The highest BCUT2D eigenvalue weighted by molar-refractivity contribution is 6.35. The Hall–Kier alpha value is -2.54. The van der Waals surface area contributed by atoms with Crippen molar-refractivity contribution in [1.82, 2.24) is 9.38 Å². The summed E-state index contributed by atoms with van der Waals surface area (Å²) in [6, 6.07) is 6.48. The van der Waals surface area contributed by atoms with Crippen molar-refractivity contribution < 1.29 is 18.0 Å². The van der Waals surface area contributed by atoms with E-state index in [2.05, 4.69) is 10.3 Å². The van der Waals surface area contributed by atoms with Crippen LogP contribution in [0.2, 0.25) is 5.02 Å². The molecule has 118 valence electrons. The number of nitrogens with zero attached hydrogens (tertiary/aromatic N) is 2. The highest BCUT2D eigenvalue weighted by Gasteiger charge is 2.34. The molecular formula is C15H9ClF3N3O. The van der Waals surface area contributed by atoms with Gasteiger partial charge in [-0.1, -0.05) is 17.7 Å². The monoisotopic (exact) mass is 339 g/mol. The van der Waals surface area contributed by atoms with E-state index in [9.17, 15) is 18.0 Å². The minimum Gasteiger partial charge on any atom is -0.321 e. The zero-order valence-electron chi connectivity index (χ0n) is 11.4. The fourth-order valence-corrected chi connectivity index (χ4v) is 2.44. The lowest BCUT2D eigenvalue weighted by molar-refractivity contribution is -0.137. The summed E-state index contributed by atoms with van der Waals surface area (Å²) < 4.78 is 40.2. The van der Waals surface area contributed by atoms with Gasteiger partial charge in [-0.2, -0.15) is 13.2 Å². The number of carbonyl (C=O) groups excluding carboxylic acids is 1. The van der Waals surface area contributed by atoms with Gasteiger partial charge in [0.2, 0.25) is 0 Å². The molecule has 8 heteroatoms. The van der Waals surface area contributed by atoms with E-state index in [0.29, 0.717) is 11.3 Å². The maximum atomic E-state index is 12.8. The second kappa shape index (κ2) is 5.58. The van der Waals surface area contributed by atoms with Crippen molar-refractivity contribution in [2.45, 2.75) is 6.18 Å². The number of nitrogens with one attached hydrogen (secondary N) is 1. The van der Waals surface area contributed by atoms with E-state index in [4.69, 9.17) is 11.6 Å². The second-order valence-electron chi connectivity index (χ2n) is 4.73. The third kappa shape index (κ3) is 3.00. The van der Waals surface area contributed by atoms with Crippen molar-refractivity contribution in [3.05, 3.63) is 65.1 Å². The van der Waals surface area contributed by atoms with Gasteiger partial charge in [-0.25, -0.2) is 4.98 Å². The van der Waals surface area contributed by atoms with Gasteiger partial charge in [-0.15, -0.1) is 0 Å². The molecule has 2 heterocycles. The Labute approximate surface area is 133 Å². The molecule has 23 heavy (non-hydrogen) atoms. The van der Waals surface area contributed by atoms with Crippen LogP contribution in [0.5, 0.6) is 0 Å². The Morgan fingerprint density at radius 3 is 2.74 bits per heavy atom. The van der Waals surface area contributed by atoms with Crippen LogP contribution in [0, 0.1) is 0 Å². The molecule has 0 saturated carbocycles. The first-order valence-electron chi connectivity index (χ1n) is 6.46. The van der Waals surface area contributed by atoms with Gasteiger partial charge in [0, 0.05) is 18.6 Å². The number of hydrogen-bond donors (Lipinski definition) is 1. The van der Waals surface area contributed by atoms with Crippen LogP contribution in [0.1, 0.15) is 15.9 Å². The Balaban J connectivity index is 1.91. The minimum atomic E-state index is -4.62. The van der Waals surface area contributed by atoms with E-state index in [1.165, 1.54) is 6.07 Å². The summed E-state index contributed by atoms with van der Waals surface area (Å²) in [6.07, 6.45) is 0.248. The summed E-state index contributed by atoms with van der Waals surface area (Å²) in [4.78, 5) is 16.3. The van der Waals surface area contributed by atoms with Gasteiger partial charge in [-0.05, 0) is 24.3 Å². The molecule has 0 aliphatic carbocycles. The number of fused-ring (bicyclic) bond motifs is 1. The van der Waals surface area contributed by atoms with Crippen molar-refractivity contribution >= 4 is 28.8 Å². The average molecular weight is 340 g/mol. The lowest BCUT2D eigenvalue weighted by Gasteiger charge is -2.12. The fraction of sp³-hybridized carbons (Fsp3) is 0.0667. The van der Waals surface area contributed by atoms with Crippen LogP contribution in [-0.4, -0.2) is 15.3 Å². The van der Waals surface area contributed by atoms with Gasteiger partial charge >= 0.3 is 6.18 Å². The lowest BCUT2D eigenvalue weighted by Crippen LogP contribution is -2.15. The number of imidazole rings is 1. The molecule has 4 nitrogen and oxygen atoms in total. The molecule has 0 spiro atoms. The Bertz CT molecular complexity index is 889. The number of benzene rings is 1. The van der Waals surface area contributed by atoms with Gasteiger partial charge in [0.05, 0.1) is 21.8 Å². The number of rotatable bonds is 2. The standard InChI is InChI=1S/C15H9ClF3N3O/c16-13-10(2-1-3-11(13)15(17,18)19)14(23)21-9-4-5-12-20-6-7-22(12)8-9/h1-8H,(H,21,23). The molecule has 2 aromatic heterocycles. The van der Waals surface area contributed by atoms with E-state index in [0.717, 1.165) is 12.1 Å². The van der Waals surface area contributed by atoms with Crippen molar-refractivity contribution in [3.8, 4) is 0 Å². The minimum absolute atomic E-state index is 0.243. The van der Waals surface area contributed by atoms with Crippen molar-refractivity contribution in [2.75, 3.05) is 5.32 Å². The summed E-state index contributed by atoms with van der Waals surface area (Å²) in [5.41, 5.74) is -0.196. The Morgan fingerprint density at radius 1 is 1.22 bits per heavy atom. The number of hydrogen-bond acceptors (Lipinski definition) is 2. The van der Waals surface area contributed by atoms with Gasteiger partial charge in [0.25, 0.3) is 5.91 Å². The molecule has 3 aromatic rings. The van der Waals surface area contributed by atoms with Gasteiger partial charge in [-0.3, -0.25) is 4.79 Å². The first-order chi connectivity index (χ1) is 10.9. The van der Waals surface area contributed by atoms with Crippen LogP contribution in [0.15, 0.2) is 48.9 Å². The van der Waals surface area contributed by atoms with Crippen LogP contribution >= 0.6 is 11.6 Å². The summed E-state index contributed by atoms with van der Waals surface area (Å²) in [5, 5.41) is 1.90. The summed E-state index contributed by atoms with van der Waals surface area (Å²) in [7, 11) is 0. The Kier molecular flexibility index (Phi) is 3.73. The first kappa shape index (κ1) is 15.4. The van der Waals surface area contributed by atoms with Gasteiger partial charge in [0.15, 0.2) is 0 Å². The molecule has 0 radical (unpaired) electrons. The number of halogens is 4. The SMILES string of the molecule is O=C(Nc1ccc2nccn2c1)c1cccc(C(F)(F)F)c1Cl. The molecule has 0 saturated heterocycles. The lowest BCUT2D eigenvalue weighted by atomic mass is 10.1. The number of anilines is 1. The van der Waals surface area contributed by atoms with Gasteiger partial charge in [0.1, 0.15) is 5.65 Å². The molecule has 0 aliphatic heterocycles. The van der Waals surface area contributed by atoms with Crippen molar-refractivity contribution in [3.63, 3.8) is 0 Å². The zero-order chi connectivity index (χ0) is 16.6. The Morgan fingerprint density at radius 2 is 2.00 bits per heavy atom. The normalized spacial score (nSPS) is 11.7. The van der Waals surface area contributed by atoms with Crippen molar-refractivity contribution in [1.29, 1.82) is 0 Å². The van der Waals surface area contributed by atoms with E-state index in [-0.39, 0.29) is 5.56 Å². The molecule has 1 aromatic carbocycles. The quantitative estimate of drug-likeness (QED) is 0.758. The summed E-state index contributed by atoms with van der Waals surface area (Å²) >= 11 is 5.74. The molecule has 0 unspecified atom stereocenters. The fourth-order valence-electron chi connectivity index (χ4n) is 2.12. The number of pyridine rings is 1. The maximum Gasteiger partial charge on any atom is 0.417 e. The highest BCUT2D eigenvalue weighted by Crippen LogP contribution is 2.36. The molecule has 3 rings (SSSR count). The smallest absolute Gasteiger partial charge is 0.321 e. The number of carbonyl (C=O) groups is 1. The highest BCUT2D eigenvalue weighted by atomic mass is 35.5. The molecule has 1 N–H and O–H groups in total. The van der Waals surface area contributed by atoms with Crippen LogP contribution in [0.3, 0.4) is 0 Å². The van der Waals surface area contributed by atoms with Gasteiger partial charge < -0.3 is 9.72 Å². The third-order valence-electron chi connectivity index (χ3n) is 3.20. The molecule has 1 amide bonds. The number of alkyl halides is 3. The van der Waals surface area contributed by atoms with Crippen LogP contribution in [-0.2, 0) is 6.18 Å². The van der Waals surface area contributed by atoms with Crippen LogP contribution in [0.25, 0.3) is 5.65 Å². The molecule has 0 fully saturated rings. The van der Waals surface area contributed by atoms with Crippen molar-refractivity contribution in [2.24, 2.45) is 0 Å². The molecule has 0 atom stereocenters. The summed E-state index contributed by atoms with van der Waals surface area (Å²) in [5.74, 6) is -0.722. The van der Waals surface area contributed by atoms with E-state index in [1.54, 1.807) is 35.1 Å². The molecule has 0 bridgehead atoms. The van der Waals surface area contributed by atoms with Crippen LogP contribution < -0.4 is 5.32 Å². The topological polar surface area (TPSA) is 46.4 Å². The predicted molar refractivity (Wildman–Crippen MR) is 79.6 cm³/mol. The average Bonchev–Trinajstić information content (AvgIpc) is 2.93. The summed E-state index contributed by atoms with van der Waals surface area (Å²) in [6.45, 7) is 0. The number of aromatic nitrogens is 2. The van der Waals surface area contributed by atoms with E-state index < -0.39 is 22.7 Å². The third-order valence-corrected chi connectivity index (χ3v) is 3.60. The first-order valence-corrected chi connectivity index (χ1v) is 6.84. The maximum absolute atomic E-state index is 12.8. The zero-order valence-corrected chi connectivity index (χ0v) is 12.2. The number of amides is 1. The largest absolute Gasteiger partial charge is 0.417 e. The predicted octanol–water partition coefficient (Wildman–Crippen LogP) is 4.26. The van der Waals surface area contributed by atoms with E-state index in [1.807, 2.05) is 0 Å². The molecular weight excluding hydrogens is 331 g/mol.